The summed E-state index contributed by atoms with van der Waals surface area (Å²) in [5.74, 6) is 0. The van der Waals surface area contributed by atoms with Crippen LogP contribution in [-0.2, 0) is 0 Å². The number of benzene rings is 1. The molecular weight excluding hydrogens is 210 g/mol. The Morgan fingerprint density at radius 1 is 1.13 bits per heavy atom. The highest BCUT2D eigenvalue weighted by molar-refractivity contribution is 6.29. The topological polar surface area (TPSA) is 50.9 Å². The van der Waals surface area contributed by atoms with Crippen molar-refractivity contribution < 1.29 is 0 Å². The van der Waals surface area contributed by atoms with Crippen molar-refractivity contribution in [1.29, 1.82) is 0 Å². The molecule has 0 saturated carbocycles. The molecule has 0 aliphatic rings. The van der Waals surface area contributed by atoms with Gasteiger partial charge in [-0.3, -0.25) is 0 Å². The molecule has 0 bridgehead atoms. The molecule has 1 aromatic heterocycles. The van der Waals surface area contributed by atoms with E-state index in [4.69, 9.17) is 17.3 Å². The molecule has 76 valence electrons. The summed E-state index contributed by atoms with van der Waals surface area (Å²) in [6.07, 6.45) is 1.65. The summed E-state index contributed by atoms with van der Waals surface area (Å²) in [6, 6.07) is 11.1. The van der Waals surface area contributed by atoms with Crippen LogP contribution in [0, 0.1) is 0 Å². The second-order valence-electron chi connectivity index (χ2n) is 3.12. The number of anilines is 3. The minimum Gasteiger partial charge on any atom is -0.399 e. The Morgan fingerprint density at radius 3 is 2.67 bits per heavy atom. The van der Waals surface area contributed by atoms with Crippen molar-refractivity contribution in [2.75, 3.05) is 11.1 Å². The summed E-state index contributed by atoms with van der Waals surface area (Å²) < 4.78 is 0. The molecule has 0 unspecified atom stereocenters. The largest absolute Gasteiger partial charge is 0.399 e. The van der Waals surface area contributed by atoms with Gasteiger partial charge in [0, 0.05) is 23.3 Å². The molecule has 3 nitrogen and oxygen atoms in total. The number of hydrogen-bond donors (Lipinski definition) is 2. The molecule has 3 N–H and O–H groups in total. The standard InChI is InChI=1S/C11H10ClN3/c12-11-7-10(4-5-14-11)15-9-3-1-2-8(13)6-9/h1-7H,13H2,(H,14,15). The maximum Gasteiger partial charge on any atom is 0.131 e. The monoisotopic (exact) mass is 219 g/mol. The lowest BCUT2D eigenvalue weighted by molar-refractivity contribution is 1.32. The Kier molecular flexibility index (Phi) is 2.74. The first-order valence-corrected chi connectivity index (χ1v) is 4.86. The quantitative estimate of drug-likeness (QED) is 0.603. The Hall–Kier alpha value is -1.74. The van der Waals surface area contributed by atoms with E-state index in [1.807, 2.05) is 30.3 Å². The summed E-state index contributed by atoms with van der Waals surface area (Å²) >= 11 is 5.77. The van der Waals surface area contributed by atoms with Crippen LogP contribution >= 0.6 is 11.6 Å². The molecule has 0 fully saturated rings. The van der Waals surface area contributed by atoms with Crippen molar-refractivity contribution in [3.05, 3.63) is 47.7 Å². The zero-order chi connectivity index (χ0) is 10.7. The van der Waals surface area contributed by atoms with E-state index in [0.29, 0.717) is 5.15 Å². The number of halogens is 1. The van der Waals surface area contributed by atoms with Gasteiger partial charge in [-0.15, -0.1) is 0 Å². The van der Waals surface area contributed by atoms with Gasteiger partial charge in [0.2, 0.25) is 0 Å². The first kappa shape index (κ1) is 9.80. The number of pyridine rings is 1. The molecule has 0 amide bonds. The zero-order valence-corrected chi connectivity index (χ0v) is 8.70. The number of rotatable bonds is 2. The first-order chi connectivity index (χ1) is 7.24. The Balaban J connectivity index is 2.22. The number of aromatic nitrogens is 1. The second-order valence-corrected chi connectivity index (χ2v) is 3.50. The number of nitrogens with one attached hydrogen (secondary N) is 1. The molecule has 0 radical (unpaired) electrons. The minimum absolute atomic E-state index is 0.462. The smallest absolute Gasteiger partial charge is 0.131 e. The molecule has 2 aromatic rings. The molecule has 0 saturated heterocycles. The fraction of sp³-hybridized carbons (Fsp3) is 0. The third kappa shape index (κ3) is 2.60. The lowest BCUT2D eigenvalue weighted by Gasteiger charge is -2.06. The average Bonchev–Trinajstić information content (AvgIpc) is 2.17. The third-order valence-corrected chi connectivity index (χ3v) is 2.11. The fourth-order valence-electron chi connectivity index (χ4n) is 1.26. The molecule has 1 aromatic carbocycles. The molecule has 0 aliphatic heterocycles. The summed E-state index contributed by atoms with van der Waals surface area (Å²) in [5, 5.41) is 3.64. The highest BCUT2D eigenvalue weighted by Gasteiger charge is 1.96. The molecule has 2 rings (SSSR count). The van der Waals surface area contributed by atoms with Gasteiger partial charge >= 0.3 is 0 Å². The van der Waals surface area contributed by atoms with E-state index in [-0.39, 0.29) is 0 Å². The lowest BCUT2D eigenvalue weighted by Crippen LogP contribution is -1.92. The zero-order valence-electron chi connectivity index (χ0n) is 7.94. The van der Waals surface area contributed by atoms with Gasteiger partial charge in [-0.1, -0.05) is 17.7 Å². The van der Waals surface area contributed by atoms with Gasteiger partial charge in [-0.05, 0) is 30.3 Å². The Labute approximate surface area is 92.9 Å². The average molecular weight is 220 g/mol. The maximum absolute atomic E-state index is 5.77. The van der Waals surface area contributed by atoms with Crippen LogP contribution in [0.25, 0.3) is 0 Å². The summed E-state index contributed by atoms with van der Waals surface area (Å²) in [6.45, 7) is 0. The van der Waals surface area contributed by atoms with Gasteiger partial charge in [-0.25, -0.2) is 4.98 Å². The van der Waals surface area contributed by atoms with Crippen LogP contribution in [0.15, 0.2) is 42.6 Å². The third-order valence-electron chi connectivity index (χ3n) is 1.90. The van der Waals surface area contributed by atoms with Crippen molar-refractivity contribution in [2.45, 2.75) is 0 Å². The highest BCUT2D eigenvalue weighted by atomic mass is 35.5. The van der Waals surface area contributed by atoms with Gasteiger partial charge in [0.1, 0.15) is 5.15 Å². The number of nitrogen functional groups attached to an aromatic ring is 1. The van der Waals surface area contributed by atoms with Gasteiger partial charge in [-0.2, -0.15) is 0 Å². The van der Waals surface area contributed by atoms with Crippen molar-refractivity contribution in [3.8, 4) is 0 Å². The van der Waals surface area contributed by atoms with Crippen LogP contribution in [0.1, 0.15) is 0 Å². The van der Waals surface area contributed by atoms with Crippen molar-refractivity contribution in [3.63, 3.8) is 0 Å². The molecular formula is C11H10ClN3. The second kappa shape index (κ2) is 4.19. The normalized spacial score (nSPS) is 9.93. The Morgan fingerprint density at radius 2 is 1.93 bits per heavy atom. The van der Waals surface area contributed by atoms with Crippen molar-refractivity contribution in [1.82, 2.24) is 4.98 Å². The van der Waals surface area contributed by atoms with E-state index in [1.54, 1.807) is 12.3 Å². The molecule has 15 heavy (non-hydrogen) atoms. The van der Waals surface area contributed by atoms with Gasteiger partial charge in [0.25, 0.3) is 0 Å². The molecule has 4 heteroatoms. The van der Waals surface area contributed by atoms with Crippen molar-refractivity contribution >= 4 is 28.7 Å². The molecule has 1 heterocycles. The number of nitrogens with zero attached hydrogens (tertiary/aromatic N) is 1. The van der Waals surface area contributed by atoms with E-state index < -0.39 is 0 Å². The molecule has 0 spiro atoms. The number of nitrogens with two attached hydrogens (primary N) is 1. The summed E-state index contributed by atoms with van der Waals surface area (Å²) in [7, 11) is 0. The van der Waals surface area contributed by atoms with Gasteiger partial charge in [0.15, 0.2) is 0 Å². The number of hydrogen-bond acceptors (Lipinski definition) is 3. The van der Waals surface area contributed by atoms with E-state index in [2.05, 4.69) is 10.3 Å². The van der Waals surface area contributed by atoms with Crippen LogP contribution in [-0.4, -0.2) is 4.98 Å². The molecule has 0 aliphatic carbocycles. The lowest BCUT2D eigenvalue weighted by atomic mass is 10.2. The summed E-state index contributed by atoms with van der Waals surface area (Å²) in [4.78, 5) is 3.90. The Bertz CT molecular complexity index is 427. The van der Waals surface area contributed by atoms with E-state index in [1.165, 1.54) is 0 Å². The predicted molar refractivity (Wildman–Crippen MR) is 63.4 cm³/mol. The van der Waals surface area contributed by atoms with Gasteiger partial charge in [0.05, 0.1) is 0 Å². The van der Waals surface area contributed by atoms with Crippen molar-refractivity contribution in [2.24, 2.45) is 0 Å². The van der Waals surface area contributed by atoms with Crippen LogP contribution < -0.4 is 11.1 Å². The van der Waals surface area contributed by atoms with Crippen LogP contribution in [0.2, 0.25) is 5.15 Å². The van der Waals surface area contributed by atoms with E-state index in [0.717, 1.165) is 17.1 Å². The van der Waals surface area contributed by atoms with Crippen LogP contribution in [0.3, 0.4) is 0 Å². The maximum atomic E-state index is 5.77. The first-order valence-electron chi connectivity index (χ1n) is 4.48. The highest BCUT2D eigenvalue weighted by Crippen LogP contribution is 2.19. The van der Waals surface area contributed by atoms with Crippen LogP contribution in [0.4, 0.5) is 17.1 Å². The van der Waals surface area contributed by atoms with E-state index in [9.17, 15) is 0 Å². The van der Waals surface area contributed by atoms with E-state index >= 15 is 0 Å². The summed E-state index contributed by atoms with van der Waals surface area (Å²) in [5.41, 5.74) is 8.20. The fourth-order valence-corrected chi connectivity index (χ4v) is 1.44. The minimum atomic E-state index is 0.462. The SMILES string of the molecule is Nc1cccc(Nc2ccnc(Cl)c2)c1. The van der Waals surface area contributed by atoms with Gasteiger partial charge < -0.3 is 11.1 Å². The predicted octanol–water partition coefficient (Wildman–Crippen LogP) is 3.06. The van der Waals surface area contributed by atoms with Crippen LogP contribution in [0.5, 0.6) is 0 Å². The molecule has 0 atom stereocenters.